The molecule has 2 nitrogen and oxygen atoms in total. The van der Waals surface area contributed by atoms with Crippen LogP contribution in [0.5, 0.6) is 0 Å². The molecule has 3 heteroatoms. The van der Waals surface area contributed by atoms with Crippen LogP contribution in [0.15, 0.2) is 0 Å². The van der Waals surface area contributed by atoms with Crippen molar-refractivity contribution in [1.82, 2.24) is 0 Å². The van der Waals surface area contributed by atoms with Crippen molar-refractivity contribution in [2.45, 2.75) is 26.2 Å². The molecule has 8 heavy (non-hydrogen) atoms. The van der Waals surface area contributed by atoms with Crippen LogP contribution in [-0.4, -0.2) is 18.4 Å². The van der Waals surface area contributed by atoms with E-state index in [4.69, 9.17) is 5.73 Å². The molecular formula is C5H12BNO. The van der Waals surface area contributed by atoms with Crippen LogP contribution in [0.4, 0.5) is 0 Å². The second kappa shape index (κ2) is 2.31. The number of carbonyl (C=O) groups is 1. The Morgan fingerprint density at radius 1 is 1.62 bits per heavy atom. The molecule has 0 amide bonds. The third-order valence-corrected chi connectivity index (χ3v) is 0.705. The third-order valence-electron chi connectivity index (χ3n) is 0.705. The molecule has 0 aromatic rings. The van der Waals surface area contributed by atoms with Crippen LogP contribution in [-0.2, 0) is 4.79 Å². The van der Waals surface area contributed by atoms with Gasteiger partial charge >= 0.3 is 0 Å². The minimum Gasteiger partial charge on any atom is -0.332 e. The quantitative estimate of drug-likeness (QED) is 0.498. The van der Waals surface area contributed by atoms with Crippen LogP contribution in [0.25, 0.3) is 0 Å². The van der Waals surface area contributed by atoms with E-state index >= 15 is 0 Å². The number of carbonyl (C=O) groups excluding carboxylic acids is 1. The van der Waals surface area contributed by atoms with Crippen molar-refractivity contribution >= 4 is 13.0 Å². The number of hydrogen-bond donors (Lipinski definition) is 1. The van der Waals surface area contributed by atoms with Crippen LogP contribution in [0.2, 0.25) is 0 Å². The Balaban J connectivity index is 3.55. The predicted molar refractivity (Wildman–Crippen MR) is 36.1 cm³/mol. The zero-order valence-corrected chi connectivity index (χ0v) is 5.69. The van der Waals surface area contributed by atoms with Gasteiger partial charge in [-0.05, 0) is 12.4 Å². The van der Waals surface area contributed by atoms with E-state index in [9.17, 15) is 4.79 Å². The summed E-state index contributed by atoms with van der Waals surface area (Å²) >= 11 is 0. The summed E-state index contributed by atoms with van der Waals surface area (Å²) in [4.78, 5) is 10.4. The third kappa shape index (κ3) is 5.69. The van der Waals surface area contributed by atoms with Gasteiger partial charge in [-0.25, -0.2) is 0 Å². The molecular weight excluding hydrogens is 101 g/mol. The molecule has 0 fully saturated rings. The highest BCUT2D eigenvalue weighted by molar-refractivity contribution is 6.75. The largest absolute Gasteiger partial charge is 0.332 e. The zero-order valence-electron chi connectivity index (χ0n) is 5.69. The Morgan fingerprint density at radius 3 is 2.00 bits per heavy atom. The van der Waals surface area contributed by atoms with Crippen molar-refractivity contribution in [3.63, 3.8) is 0 Å². The fourth-order valence-corrected chi connectivity index (χ4v) is 0.642. The van der Waals surface area contributed by atoms with Gasteiger partial charge in [0.25, 0.3) is 0 Å². The van der Waals surface area contributed by atoms with Gasteiger partial charge in [0.1, 0.15) is 0 Å². The van der Waals surface area contributed by atoms with Gasteiger partial charge in [0, 0.05) is 0 Å². The van der Waals surface area contributed by atoms with E-state index in [1.54, 1.807) is 6.92 Å². The highest BCUT2D eigenvalue weighted by atomic mass is 16.1. The molecule has 0 aliphatic carbocycles. The summed E-state index contributed by atoms with van der Waals surface area (Å²) in [5.41, 5.74) is 5.34. The van der Waals surface area contributed by atoms with E-state index in [2.05, 4.69) is 0 Å². The lowest BCUT2D eigenvalue weighted by atomic mass is 9.58. The topological polar surface area (TPSA) is 43.1 Å². The maximum absolute atomic E-state index is 10.4. The average Bonchev–Trinajstić information content (AvgIpc) is 1.21. The van der Waals surface area contributed by atoms with E-state index in [1.165, 1.54) is 0 Å². The normalized spacial score (nSPS) is 11.0. The Labute approximate surface area is 50.7 Å². The van der Waals surface area contributed by atoms with Gasteiger partial charge in [-0.2, -0.15) is 0 Å². The summed E-state index contributed by atoms with van der Waals surface area (Å²) < 4.78 is 0. The van der Waals surface area contributed by atoms with E-state index in [-0.39, 0.29) is 11.1 Å². The maximum Gasteiger partial charge on any atom is 0.226 e. The molecule has 0 aliphatic rings. The molecule has 0 rings (SSSR count). The van der Waals surface area contributed by atoms with Crippen LogP contribution in [0.3, 0.4) is 0 Å². The summed E-state index contributed by atoms with van der Waals surface area (Å²) in [5, 5.41) is 0. The standard InChI is InChI=1S/C5H12BNO/c1-4(8)6-5(2,3)7/h6H,7H2,1-3H3. The first-order valence-electron chi connectivity index (χ1n) is 2.70. The maximum atomic E-state index is 10.4. The van der Waals surface area contributed by atoms with Gasteiger partial charge in [0.15, 0.2) is 0 Å². The van der Waals surface area contributed by atoms with Crippen molar-refractivity contribution < 1.29 is 4.79 Å². The lowest BCUT2D eigenvalue weighted by molar-refractivity contribution is -0.110. The van der Waals surface area contributed by atoms with Gasteiger partial charge in [-0.15, -0.1) is 0 Å². The van der Waals surface area contributed by atoms with Gasteiger partial charge in [-0.1, -0.05) is 13.8 Å². The van der Waals surface area contributed by atoms with Gasteiger partial charge in [-0.3, -0.25) is 0 Å². The molecule has 0 unspecified atom stereocenters. The summed E-state index contributed by atoms with van der Waals surface area (Å²) in [7, 11) is 0.465. The van der Waals surface area contributed by atoms with Crippen LogP contribution in [0, 0.1) is 0 Å². The van der Waals surface area contributed by atoms with Crippen molar-refractivity contribution in [3.8, 4) is 0 Å². The van der Waals surface area contributed by atoms with Crippen molar-refractivity contribution in [2.24, 2.45) is 5.73 Å². The molecule has 0 atom stereocenters. The highest BCUT2D eigenvalue weighted by Crippen LogP contribution is 1.91. The van der Waals surface area contributed by atoms with Crippen molar-refractivity contribution in [1.29, 1.82) is 0 Å². The summed E-state index contributed by atoms with van der Waals surface area (Å²) in [5.74, 6) is 0. The van der Waals surface area contributed by atoms with Crippen molar-refractivity contribution in [3.05, 3.63) is 0 Å². The first-order valence-corrected chi connectivity index (χ1v) is 2.70. The molecule has 0 radical (unpaired) electrons. The van der Waals surface area contributed by atoms with Crippen LogP contribution in [0.1, 0.15) is 20.8 Å². The fourth-order valence-electron chi connectivity index (χ4n) is 0.642. The van der Waals surface area contributed by atoms with E-state index in [0.717, 1.165) is 0 Å². The molecule has 0 spiro atoms. The minimum atomic E-state index is -0.328. The summed E-state index contributed by atoms with van der Waals surface area (Å²) in [6, 6.07) is 0. The Morgan fingerprint density at radius 2 is 2.00 bits per heavy atom. The molecule has 0 heterocycles. The monoisotopic (exact) mass is 113 g/mol. The number of rotatable bonds is 2. The lowest BCUT2D eigenvalue weighted by Crippen LogP contribution is -2.42. The van der Waals surface area contributed by atoms with E-state index in [0.29, 0.717) is 7.28 Å². The predicted octanol–water partition coefficient (Wildman–Crippen LogP) is -0.336. The van der Waals surface area contributed by atoms with E-state index in [1.807, 2.05) is 13.8 Å². The van der Waals surface area contributed by atoms with Crippen LogP contribution >= 0.6 is 0 Å². The lowest BCUT2D eigenvalue weighted by Gasteiger charge is -2.13. The summed E-state index contributed by atoms with van der Waals surface area (Å²) in [6.45, 7) is 5.23. The molecule has 0 aromatic carbocycles. The SMILES string of the molecule is CC(=O)BC(C)(C)N. The smallest absolute Gasteiger partial charge is 0.226 e. The average molecular weight is 113 g/mol. The summed E-state index contributed by atoms with van der Waals surface area (Å²) in [6.07, 6.45) is 0. The van der Waals surface area contributed by atoms with E-state index < -0.39 is 0 Å². The second-order valence-electron chi connectivity index (χ2n) is 2.87. The molecule has 0 saturated carbocycles. The number of nitrogens with two attached hydrogens (primary N) is 1. The molecule has 0 aromatic heterocycles. The first-order chi connectivity index (χ1) is 3.42. The Kier molecular flexibility index (Phi) is 2.22. The second-order valence-corrected chi connectivity index (χ2v) is 2.87. The molecule has 0 bridgehead atoms. The molecule has 0 aliphatic heterocycles. The Hall–Kier alpha value is -0.305. The minimum absolute atomic E-state index is 0.150. The van der Waals surface area contributed by atoms with Gasteiger partial charge in [0.05, 0.1) is 5.68 Å². The molecule has 46 valence electrons. The van der Waals surface area contributed by atoms with Gasteiger partial charge < -0.3 is 10.5 Å². The highest BCUT2D eigenvalue weighted by Gasteiger charge is 2.15. The Bertz CT molecular complexity index is 95.1. The zero-order chi connectivity index (χ0) is 6.78. The fraction of sp³-hybridized carbons (Fsp3) is 0.800. The molecule has 2 N–H and O–H groups in total. The van der Waals surface area contributed by atoms with Crippen LogP contribution < -0.4 is 5.73 Å². The van der Waals surface area contributed by atoms with Gasteiger partial charge in [0.2, 0.25) is 7.28 Å². The molecule has 0 saturated heterocycles. The van der Waals surface area contributed by atoms with Crippen molar-refractivity contribution in [2.75, 3.05) is 0 Å². The first kappa shape index (κ1) is 7.69. The number of hydrogen-bond acceptors (Lipinski definition) is 2.